The quantitative estimate of drug-likeness (QED) is 0.501. The fourth-order valence-corrected chi connectivity index (χ4v) is 2.29. The van der Waals surface area contributed by atoms with Crippen LogP contribution in [0, 0.1) is 15.9 Å². The number of nitro groups is 1. The number of H-pyrrole nitrogens is 1. The van der Waals surface area contributed by atoms with Crippen LogP contribution in [-0.2, 0) is 0 Å². The van der Waals surface area contributed by atoms with E-state index in [-0.39, 0.29) is 15.9 Å². The molecule has 0 bridgehead atoms. The first kappa shape index (κ1) is 13.0. The van der Waals surface area contributed by atoms with E-state index in [1.807, 2.05) is 0 Å². The summed E-state index contributed by atoms with van der Waals surface area (Å²) in [5, 5.41) is 10.9. The number of halogens is 1. The molecule has 0 saturated carbocycles. The van der Waals surface area contributed by atoms with Crippen molar-refractivity contribution in [2.75, 3.05) is 5.73 Å². The number of para-hydroxylation sites is 1. The van der Waals surface area contributed by atoms with Gasteiger partial charge < -0.3 is 10.7 Å². The normalized spacial score (nSPS) is 10.4. The average Bonchev–Trinajstić information content (AvgIpc) is 2.26. The molecule has 0 saturated heterocycles. The maximum absolute atomic E-state index is 13.4. The molecule has 98 valence electrons. The second-order valence-corrected chi connectivity index (χ2v) is 4.45. The Morgan fingerprint density at radius 2 is 2.21 bits per heavy atom. The van der Waals surface area contributed by atoms with E-state index in [1.165, 1.54) is 12.1 Å². The second-order valence-electron chi connectivity index (χ2n) is 3.42. The number of benzene rings is 1. The first-order valence-corrected chi connectivity index (χ1v) is 5.76. The van der Waals surface area contributed by atoms with Gasteiger partial charge in [0.15, 0.2) is 5.16 Å². The zero-order chi connectivity index (χ0) is 14.0. The Labute approximate surface area is 109 Å². The lowest BCUT2D eigenvalue weighted by Crippen LogP contribution is -2.09. The first-order chi connectivity index (χ1) is 8.97. The van der Waals surface area contributed by atoms with E-state index in [4.69, 9.17) is 5.73 Å². The molecule has 7 nitrogen and oxygen atoms in total. The number of nitrogens with two attached hydrogens (primary N) is 1. The predicted molar refractivity (Wildman–Crippen MR) is 66.4 cm³/mol. The third-order valence-electron chi connectivity index (χ3n) is 2.08. The van der Waals surface area contributed by atoms with Gasteiger partial charge in [-0.05, 0) is 23.9 Å². The molecular formula is C10H7FN4O3S. The molecule has 3 N–H and O–H groups in total. The molecule has 0 amide bonds. The summed E-state index contributed by atoms with van der Waals surface area (Å²) in [6.45, 7) is 0. The molecule has 0 unspecified atom stereocenters. The van der Waals surface area contributed by atoms with Gasteiger partial charge in [0, 0.05) is 6.07 Å². The van der Waals surface area contributed by atoms with Gasteiger partial charge >= 0.3 is 5.69 Å². The molecule has 0 aliphatic heterocycles. The summed E-state index contributed by atoms with van der Waals surface area (Å²) in [6.07, 6.45) is 0. The molecule has 0 atom stereocenters. The predicted octanol–water partition coefficient (Wildman–Crippen LogP) is 1.55. The summed E-state index contributed by atoms with van der Waals surface area (Å²) in [5.41, 5.74) is 4.23. The minimum atomic E-state index is -0.957. The van der Waals surface area contributed by atoms with Gasteiger partial charge in [-0.2, -0.15) is 4.39 Å². The van der Waals surface area contributed by atoms with Crippen molar-refractivity contribution in [3.05, 3.63) is 50.6 Å². The summed E-state index contributed by atoms with van der Waals surface area (Å²) in [4.78, 5) is 27.3. The van der Waals surface area contributed by atoms with Crippen molar-refractivity contribution >= 4 is 23.3 Å². The summed E-state index contributed by atoms with van der Waals surface area (Å²) in [6, 6.07) is 4.74. The molecule has 0 aliphatic rings. The largest absolute Gasteiger partial charge is 0.383 e. The molecule has 2 aromatic rings. The van der Waals surface area contributed by atoms with E-state index >= 15 is 0 Å². The van der Waals surface area contributed by atoms with Gasteiger partial charge in [-0.3, -0.25) is 14.9 Å². The van der Waals surface area contributed by atoms with Gasteiger partial charge in [0.25, 0.3) is 5.56 Å². The zero-order valence-corrected chi connectivity index (χ0v) is 10.1. The Morgan fingerprint density at radius 1 is 1.47 bits per heavy atom. The zero-order valence-electron chi connectivity index (χ0n) is 9.29. The van der Waals surface area contributed by atoms with Crippen molar-refractivity contribution in [3.8, 4) is 0 Å². The van der Waals surface area contributed by atoms with Crippen LogP contribution in [0.5, 0.6) is 0 Å². The third kappa shape index (κ3) is 2.88. The lowest BCUT2D eigenvalue weighted by Gasteiger charge is -2.03. The molecule has 9 heteroatoms. The Balaban J connectivity index is 2.46. The van der Waals surface area contributed by atoms with Gasteiger partial charge in [0.2, 0.25) is 5.82 Å². The lowest BCUT2D eigenvalue weighted by molar-refractivity contribution is -0.390. The summed E-state index contributed by atoms with van der Waals surface area (Å²) in [7, 11) is 0. The number of aromatic nitrogens is 2. The van der Waals surface area contributed by atoms with Gasteiger partial charge in [-0.15, -0.1) is 0 Å². The van der Waals surface area contributed by atoms with Crippen LogP contribution in [0.25, 0.3) is 0 Å². The van der Waals surface area contributed by atoms with Crippen LogP contribution in [0.2, 0.25) is 0 Å². The number of rotatable bonds is 3. The number of hydrogen-bond donors (Lipinski definition) is 2. The molecule has 1 heterocycles. The van der Waals surface area contributed by atoms with Crippen LogP contribution in [0.15, 0.2) is 39.1 Å². The minimum absolute atomic E-state index is 0.0229. The topological polar surface area (TPSA) is 115 Å². The van der Waals surface area contributed by atoms with E-state index in [0.29, 0.717) is 0 Å². The summed E-state index contributed by atoms with van der Waals surface area (Å²) < 4.78 is 13.4. The molecule has 0 radical (unpaired) electrons. The summed E-state index contributed by atoms with van der Waals surface area (Å²) >= 11 is 0.757. The highest BCUT2D eigenvalue weighted by molar-refractivity contribution is 7.99. The molecule has 0 fully saturated rings. The van der Waals surface area contributed by atoms with Gasteiger partial charge in [-0.25, -0.2) is 4.98 Å². The third-order valence-corrected chi connectivity index (χ3v) is 3.01. The van der Waals surface area contributed by atoms with Crippen LogP contribution in [0.4, 0.5) is 15.9 Å². The van der Waals surface area contributed by atoms with E-state index in [9.17, 15) is 19.3 Å². The number of aromatic amines is 1. The molecule has 1 aromatic heterocycles. The molecule has 19 heavy (non-hydrogen) atoms. The highest BCUT2D eigenvalue weighted by Gasteiger charge is 2.21. The number of nitro benzene ring substituents is 1. The number of nitrogen functional groups attached to an aromatic ring is 1. The fraction of sp³-hybridized carbons (Fsp3) is 0. The van der Waals surface area contributed by atoms with Gasteiger partial charge in [0.05, 0.1) is 9.82 Å². The van der Waals surface area contributed by atoms with E-state index in [2.05, 4.69) is 9.97 Å². The van der Waals surface area contributed by atoms with Gasteiger partial charge in [-0.1, -0.05) is 6.07 Å². The number of anilines is 1. The Bertz CT molecular complexity index is 703. The van der Waals surface area contributed by atoms with E-state index < -0.39 is 22.0 Å². The number of nitrogens with zero attached hydrogens (tertiary/aromatic N) is 2. The van der Waals surface area contributed by atoms with Crippen LogP contribution in [0.1, 0.15) is 0 Å². The molecule has 0 aliphatic carbocycles. The second kappa shape index (κ2) is 5.06. The SMILES string of the molecule is Nc1cc(=O)[nH]c(Sc2cccc(F)c2[N+](=O)[O-])n1. The first-order valence-electron chi connectivity index (χ1n) is 4.95. The molecule has 0 spiro atoms. The van der Waals surface area contributed by atoms with E-state index in [0.717, 1.165) is 23.9 Å². The monoisotopic (exact) mass is 282 g/mol. The van der Waals surface area contributed by atoms with Crippen molar-refractivity contribution < 1.29 is 9.31 Å². The smallest absolute Gasteiger partial charge is 0.318 e. The fourth-order valence-electron chi connectivity index (χ4n) is 1.36. The van der Waals surface area contributed by atoms with Crippen molar-refractivity contribution in [1.82, 2.24) is 9.97 Å². The van der Waals surface area contributed by atoms with Crippen LogP contribution in [-0.4, -0.2) is 14.9 Å². The molecule has 2 rings (SSSR count). The highest BCUT2D eigenvalue weighted by atomic mass is 32.2. The average molecular weight is 282 g/mol. The van der Waals surface area contributed by atoms with E-state index in [1.54, 1.807) is 0 Å². The van der Waals surface area contributed by atoms with Crippen LogP contribution < -0.4 is 11.3 Å². The lowest BCUT2D eigenvalue weighted by atomic mass is 10.3. The van der Waals surface area contributed by atoms with Gasteiger partial charge in [0.1, 0.15) is 5.82 Å². The van der Waals surface area contributed by atoms with Crippen LogP contribution in [0.3, 0.4) is 0 Å². The number of hydrogen-bond acceptors (Lipinski definition) is 6. The molecular weight excluding hydrogens is 275 g/mol. The van der Waals surface area contributed by atoms with Crippen LogP contribution >= 0.6 is 11.8 Å². The maximum Gasteiger partial charge on any atom is 0.318 e. The van der Waals surface area contributed by atoms with Crippen molar-refractivity contribution in [3.63, 3.8) is 0 Å². The Hall–Kier alpha value is -2.42. The standard InChI is InChI=1S/C10H7FN4O3S/c11-5-2-1-3-6(9(5)15(17)18)19-10-13-7(12)4-8(16)14-10/h1-4H,(H3,12,13,14,16). The summed E-state index contributed by atoms with van der Waals surface area (Å²) in [5.74, 6) is -0.980. The Morgan fingerprint density at radius 3 is 2.84 bits per heavy atom. The Kier molecular flexibility index (Phi) is 3.47. The van der Waals surface area contributed by atoms with Crippen molar-refractivity contribution in [2.45, 2.75) is 10.1 Å². The maximum atomic E-state index is 13.4. The highest BCUT2D eigenvalue weighted by Crippen LogP contribution is 2.34. The number of nitrogens with one attached hydrogen (secondary N) is 1. The van der Waals surface area contributed by atoms with Crippen molar-refractivity contribution in [1.29, 1.82) is 0 Å². The minimum Gasteiger partial charge on any atom is -0.383 e. The molecule has 1 aromatic carbocycles. The van der Waals surface area contributed by atoms with Crippen molar-refractivity contribution in [2.24, 2.45) is 0 Å².